The van der Waals surface area contributed by atoms with Gasteiger partial charge in [0.1, 0.15) is 6.29 Å². The molecule has 0 aromatic heterocycles. The molecule has 0 unspecified atom stereocenters. The van der Waals surface area contributed by atoms with E-state index >= 15 is 0 Å². The highest BCUT2D eigenvalue weighted by molar-refractivity contribution is 5.95. The van der Waals surface area contributed by atoms with E-state index < -0.39 is 24.6 Å². The third kappa shape index (κ3) is 4.95. The zero-order valence-corrected chi connectivity index (χ0v) is 15.8. The van der Waals surface area contributed by atoms with Crippen molar-refractivity contribution in [3.8, 4) is 23.0 Å². The first-order valence-electron chi connectivity index (χ1n) is 8.66. The van der Waals surface area contributed by atoms with Crippen LogP contribution in [-0.4, -0.2) is 44.8 Å². The SMILES string of the molecule is COc1cc(C=O)ccc1OCC(=O)O[C@H](C)C(=O)Nc1ccc2c(c1)OCO2. The fourth-order valence-electron chi connectivity index (χ4n) is 2.52. The lowest BCUT2D eigenvalue weighted by Crippen LogP contribution is -2.31. The summed E-state index contributed by atoms with van der Waals surface area (Å²) >= 11 is 0. The molecule has 3 rings (SSSR count). The summed E-state index contributed by atoms with van der Waals surface area (Å²) in [5.41, 5.74) is 0.893. The third-order valence-corrected chi connectivity index (χ3v) is 3.99. The zero-order valence-electron chi connectivity index (χ0n) is 15.8. The van der Waals surface area contributed by atoms with Crippen LogP contribution in [0.15, 0.2) is 36.4 Å². The van der Waals surface area contributed by atoms with E-state index in [1.807, 2.05) is 0 Å². The predicted octanol–water partition coefficient (Wildman–Crippen LogP) is 2.19. The Morgan fingerprint density at radius 3 is 2.69 bits per heavy atom. The molecule has 1 aliphatic heterocycles. The van der Waals surface area contributed by atoms with Gasteiger partial charge in [0.15, 0.2) is 35.7 Å². The fraction of sp³-hybridized carbons (Fsp3) is 0.250. The van der Waals surface area contributed by atoms with E-state index in [0.29, 0.717) is 34.8 Å². The number of amides is 1. The van der Waals surface area contributed by atoms with Crippen LogP contribution in [0.25, 0.3) is 0 Å². The van der Waals surface area contributed by atoms with Gasteiger partial charge in [-0.05, 0) is 37.3 Å². The summed E-state index contributed by atoms with van der Waals surface area (Å²) in [6.45, 7) is 1.14. The Balaban J connectivity index is 1.51. The second-order valence-corrected chi connectivity index (χ2v) is 6.01. The Bertz CT molecular complexity index is 927. The highest BCUT2D eigenvalue weighted by Gasteiger charge is 2.20. The number of hydrogen-bond acceptors (Lipinski definition) is 8. The van der Waals surface area contributed by atoms with E-state index in [2.05, 4.69) is 5.32 Å². The van der Waals surface area contributed by atoms with Gasteiger partial charge in [-0.2, -0.15) is 0 Å². The van der Waals surface area contributed by atoms with Crippen molar-refractivity contribution in [3.63, 3.8) is 0 Å². The van der Waals surface area contributed by atoms with E-state index in [0.717, 1.165) is 0 Å². The van der Waals surface area contributed by atoms with Crippen molar-refractivity contribution in [1.82, 2.24) is 0 Å². The van der Waals surface area contributed by atoms with Crippen LogP contribution < -0.4 is 24.3 Å². The summed E-state index contributed by atoms with van der Waals surface area (Å²) in [7, 11) is 1.41. The summed E-state index contributed by atoms with van der Waals surface area (Å²) in [6, 6.07) is 9.45. The van der Waals surface area contributed by atoms with Crippen molar-refractivity contribution in [2.75, 3.05) is 25.8 Å². The van der Waals surface area contributed by atoms with Gasteiger partial charge in [-0.25, -0.2) is 4.79 Å². The van der Waals surface area contributed by atoms with Crippen molar-refractivity contribution in [1.29, 1.82) is 0 Å². The molecule has 29 heavy (non-hydrogen) atoms. The Labute approximate surface area is 166 Å². The lowest BCUT2D eigenvalue weighted by molar-refractivity contribution is -0.155. The Kier molecular flexibility index (Phi) is 6.18. The predicted molar refractivity (Wildman–Crippen MR) is 101 cm³/mol. The van der Waals surface area contributed by atoms with Crippen LogP contribution >= 0.6 is 0 Å². The van der Waals surface area contributed by atoms with Gasteiger partial charge >= 0.3 is 5.97 Å². The van der Waals surface area contributed by atoms with Gasteiger partial charge in [0.05, 0.1) is 7.11 Å². The number of methoxy groups -OCH3 is 1. The number of hydrogen-bond donors (Lipinski definition) is 1. The fourth-order valence-corrected chi connectivity index (χ4v) is 2.52. The number of ether oxygens (including phenoxy) is 5. The summed E-state index contributed by atoms with van der Waals surface area (Å²) < 4.78 is 26.0. The van der Waals surface area contributed by atoms with E-state index in [1.165, 1.54) is 32.2 Å². The molecule has 1 N–H and O–H groups in total. The van der Waals surface area contributed by atoms with Gasteiger partial charge in [-0.1, -0.05) is 0 Å². The molecule has 0 saturated heterocycles. The molecule has 0 saturated carbocycles. The molecule has 152 valence electrons. The van der Waals surface area contributed by atoms with Crippen LogP contribution in [0, 0.1) is 0 Å². The molecular formula is C20H19NO8. The number of esters is 1. The normalized spacial score (nSPS) is 12.6. The van der Waals surface area contributed by atoms with Gasteiger partial charge in [-0.3, -0.25) is 9.59 Å². The topological polar surface area (TPSA) is 109 Å². The second-order valence-electron chi connectivity index (χ2n) is 6.01. The average Bonchev–Trinajstić information content (AvgIpc) is 3.19. The summed E-state index contributed by atoms with van der Waals surface area (Å²) in [4.78, 5) is 35.0. The van der Waals surface area contributed by atoms with Crippen LogP contribution in [-0.2, 0) is 14.3 Å². The first kappa shape index (κ1) is 20.0. The number of benzene rings is 2. The van der Waals surface area contributed by atoms with Crippen LogP contribution in [0.4, 0.5) is 5.69 Å². The largest absolute Gasteiger partial charge is 0.493 e. The van der Waals surface area contributed by atoms with Crippen molar-refractivity contribution >= 4 is 23.9 Å². The maximum absolute atomic E-state index is 12.2. The van der Waals surface area contributed by atoms with Gasteiger partial charge in [0.25, 0.3) is 5.91 Å². The third-order valence-electron chi connectivity index (χ3n) is 3.99. The molecule has 1 atom stereocenters. The number of rotatable bonds is 8. The molecule has 2 aromatic rings. The van der Waals surface area contributed by atoms with Gasteiger partial charge < -0.3 is 29.0 Å². The maximum atomic E-state index is 12.2. The van der Waals surface area contributed by atoms with E-state index in [4.69, 9.17) is 23.7 Å². The highest BCUT2D eigenvalue weighted by atomic mass is 16.7. The van der Waals surface area contributed by atoms with Crippen LogP contribution in [0.5, 0.6) is 23.0 Å². The summed E-state index contributed by atoms with van der Waals surface area (Å²) in [5.74, 6) is 0.445. The zero-order chi connectivity index (χ0) is 20.8. The van der Waals surface area contributed by atoms with Crippen LogP contribution in [0.2, 0.25) is 0 Å². The average molecular weight is 401 g/mol. The highest BCUT2D eigenvalue weighted by Crippen LogP contribution is 2.34. The Morgan fingerprint density at radius 1 is 1.14 bits per heavy atom. The molecule has 0 bridgehead atoms. The minimum absolute atomic E-state index is 0.128. The number of anilines is 1. The molecule has 1 amide bonds. The van der Waals surface area contributed by atoms with Gasteiger partial charge in [0, 0.05) is 17.3 Å². The molecule has 9 nitrogen and oxygen atoms in total. The van der Waals surface area contributed by atoms with Gasteiger partial charge in [0.2, 0.25) is 6.79 Å². The van der Waals surface area contributed by atoms with Gasteiger partial charge in [-0.15, -0.1) is 0 Å². The minimum Gasteiger partial charge on any atom is -0.493 e. The van der Waals surface area contributed by atoms with Crippen molar-refractivity contribution < 1.29 is 38.1 Å². The maximum Gasteiger partial charge on any atom is 0.344 e. The first-order valence-corrected chi connectivity index (χ1v) is 8.66. The molecular weight excluding hydrogens is 382 g/mol. The first-order chi connectivity index (χ1) is 14.0. The quantitative estimate of drug-likeness (QED) is 0.530. The van der Waals surface area contributed by atoms with Crippen LogP contribution in [0.3, 0.4) is 0 Å². The molecule has 0 spiro atoms. The standard InChI is InChI=1S/C20H19NO8/c1-12(20(24)21-14-4-6-16-18(8-14)28-11-27-16)29-19(23)10-26-15-5-3-13(9-22)7-17(15)25-2/h3-9,12H,10-11H2,1-2H3,(H,21,24)/t12-/m1/s1. The lowest BCUT2D eigenvalue weighted by atomic mass is 10.2. The Morgan fingerprint density at radius 2 is 1.93 bits per heavy atom. The molecule has 0 aliphatic carbocycles. The van der Waals surface area contributed by atoms with Crippen molar-refractivity contribution in [3.05, 3.63) is 42.0 Å². The van der Waals surface area contributed by atoms with E-state index in [1.54, 1.807) is 18.2 Å². The van der Waals surface area contributed by atoms with Crippen molar-refractivity contribution in [2.24, 2.45) is 0 Å². The van der Waals surface area contributed by atoms with E-state index in [9.17, 15) is 14.4 Å². The number of carbonyl (C=O) groups excluding carboxylic acids is 3. The number of fused-ring (bicyclic) bond motifs is 1. The Hall–Kier alpha value is -3.75. The second kappa shape index (κ2) is 8.96. The number of nitrogens with one attached hydrogen (secondary N) is 1. The summed E-state index contributed by atoms with van der Waals surface area (Å²) in [6.07, 6.45) is -0.378. The molecule has 0 radical (unpaired) electrons. The van der Waals surface area contributed by atoms with Crippen molar-refractivity contribution in [2.45, 2.75) is 13.0 Å². The van der Waals surface area contributed by atoms with Crippen LogP contribution in [0.1, 0.15) is 17.3 Å². The summed E-state index contributed by atoms with van der Waals surface area (Å²) in [5, 5.41) is 2.64. The number of aldehydes is 1. The number of carbonyl (C=O) groups is 3. The lowest BCUT2D eigenvalue weighted by Gasteiger charge is -2.15. The minimum atomic E-state index is -1.05. The molecule has 1 heterocycles. The monoisotopic (exact) mass is 401 g/mol. The molecule has 1 aliphatic rings. The molecule has 9 heteroatoms. The molecule has 0 fully saturated rings. The smallest absolute Gasteiger partial charge is 0.344 e. The molecule has 2 aromatic carbocycles. The van der Waals surface area contributed by atoms with E-state index in [-0.39, 0.29) is 12.5 Å².